The molecule has 4 nitrogen and oxygen atoms in total. The largest absolute Gasteiger partial charge is 0.368 e. The van der Waals surface area contributed by atoms with Crippen molar-refractivity contribution in [2.24, 2.45) is 17.4 Å². The van der Waals surface area contributed by atoms with Gasteiger partial charge in [0.25, 0.3) is 0 Å². The predicted octanol–water partition coefficient (Wildman–Crippen LogP) is 1.09. The minimum Gasteiger partial charge on any atom is -0.368 e. The van der Waals surface area contributed by atoms with Gasteiger partial charge in [0.2, 0.25) is 5.91 Å². The van der Waals surface area contributed by atoms with Gasteiger partial charge in [0.1, 0.15) is 0 Å². The lowest BCUT2D eigenvalue weighted by Crippen LogP contribution is -2.52. The van der Waals surface area contributed by atoms with Crippen LogP contribution in [0.1, 0.15) is 46.0 Å². The van der Waals surface area contributed by atoms with Crippen LogP contribution in [-0.4, -0.2) is 36.0 Å². The first-order valence-corrected chi connectivity index (χ1v) is 6.63. The molecular formula is C13H27N3O. The number of carbonyl (C=O) groups is 1. The molecular weight excluding hydrogens is 214 g/mol. The molecule has 1 aliphatic carbocycles. The first kappa shape index (κ1) is 14.5. The van der Waals surface area contributed by atoms with Crippen molar-refractivity contribution in [2.75, 3.05) is 13.6 Å². The van der Waals surface area contributed by atoms with Gasteiger partial charge in [0.05, 0.1) is 5.54 Å². The highest BCUT2D eigenvalue weighted by atomic mass is 16.1. The first-order valence-electron chi connectivity index (χ1n) is 6.63. The highest BCUT2D eigenvalue weighted by Crippen LogP contribution is 2.27. The molecule has 4 heteroatoms. The summed E-state index contributed by atoms with van der Waals surface area (Å²) in [5.74, 6) is 0.328. The second-order valence-electron chi connectivity index (χ2n) is 5.84. The molecule has 1 saturated carbocycles. The summed E-state index contributed by atoms with van der Waals surface area (Å²) in [6, 6.07) is 0.632. The van der Waals surface area contributed by atoms with Gasteiger partial charge < -0.3 is 16.4 Å². The quantitative estimate of drug-likeness (QED) is 0.757. The van der Waals surface area contributed by atoms with Crippen LogP contribution in [0.4, 0.5) is 0 Å². The summed E-state index contributed by atoms with van der Waals surface area (Å²) in [5.41, 5.74) is 10.3. The van der Waals surface area contributed by atoms with E-state index in [-0.39, 0.29) is 0 Å². The summed E-state index contributed by atoms with van der Waals surface area (Å²) in [6.07, 6.45) is 5.86. The summed E-state index contributed by atoms with van der Waals surface area (Å²) < 4.78 is 0. The smallest absolute Gasteiger partial charge is 0.237 e. The van der Waals surface area contributed by atoms with Crippen LogP contribution < -0.4 is 11.5 Å². The molecule has 1 rings (SSSR count). The topological polar surface area (TPSA) is 72.3 Å². The fourth-order valence-electron chi connectivity index (χ4n) is 2.65. The second kappa shape index (κ2) is 5.83. The van der Waals surface area contributed by atoms with Crippen LogP contribution in [0.15, 0.2) is 0 Å². The van der Waals surface area contributed by atoms with E-state index in [9.17, 15) is 4.79 Å². The first-order chi connectivity index (χ1) is 7.84. The molecule has 0 aromatic rings. The van der Waals surface area contributed by atoms with E-state index >= 15 is 0 Å². The average molecular weight is 241 g/mol. The van der Waals surface area contributed by atoms with E-state index in [0.29, 0.717) is 12.5 Å². The Morgan fingerprint density at radius 2 is 2.00 bits per heavy atom. The Hall–Kier alpha value is -0.610. The highest BCUT2D eigenvalue weighted by molar-refractivity contribution is 5.83. The van der Waals surface area contributed by atoms with E-state index in [4.69, 9.17) is 11.5 Å². The molecule has 0 radical (unpaired) electrons. The molecule has 0 aromatic heterocycles. The summed E-state index contributed by atoms with van der Waals surface area (Å²) in [5, 5.41) is 0. The average Bonchev–Trinajstić information content (AvgIpc) is 2.26. The lowest BCUT2D eigenvalue weighted by molar-refractivity contribution is -0.122. The van der Waals surface area contributed by atoms with Crippen molar-refractivity contribution >= 4 is 5.91 Å². The van der Waals surface area contributed by atoms with E-state index in [1.807, 2.05) is 0 Å². The fraction of sp³-hybridized carbons (Fsp3) is 0.923. The van der Waals surface area contributed by atoms with Crippen LogP contribution >= 0.6 is 0 Å². The number of nitrogens with zero attached hydrogens (tertiary/aromatic N) is 1. The van der Waals surface area contributed by atoms with Crippen LogP contribution in [0.5, 0.6) is 0 Å². The number of hydrogen-bond donors (Lipinski definition) is 2. The molecule has 100 valence electrons. The molecule has 0 heterocycles. The predicted molar refractivity (Wildman–Crippen MR) is 70.5 cm³/mol. The van der Waals surface area contributed by atoms with Crippen molar-refractivity contribution in [3.05, 3.63) is 0 Å². The standard InChI is InChI=1S/C13H27N3O/c1-10-6-4-5-7-11(10)16(3)9-8-13(2,15)12(14)17/h10-11H,4-9,15H2,1-3H3,(H2,14,17). The van der Waals surface area contributed by atoms with Gasteiger partial charge in [-0.05, 0) is 39.2 Å². The molecule has 0 spiro atoms. The van der Waals surface area contributed by atoms with Crippen molar-refractivity contribution in [1.29, 1.82) is 0 Å². The number of primary amides is 1. The summed E-state index contributed by atoms with van der Waals surface area (Å²) in [6.45, 7) is 4.87. The Kier molecular flexibility index (Phi) is 4.95. The summed E-state index contributed by atoms with van der Waals surface area (Å²) >= 11 is 0. The number of nitrogens with two attached hydrogens (primary N) is 2. The van der Waals surface area contributed by atoms with Crippen LogP contribution in [0.2, 0.25) is 0 Å². The zero-order valence-corrected chi connectivity index (χ0v) is 11.4. The maximum atomic E-state index is 11.2. The molecule has 17 heavy (non-hydrogen) atoms. The third kappa shape index (κ3) is 3.96. The van der Waals surface area contributed by atoms with Crippen molar-refractivity contribution < 1.29 is 4.79 Å². The normalized spacial score (nSPS) is 29.0. The molecule has 3 unspecified atom stereocenters. The van der Waals surface area contributed by atoms with E-state index in [1.165, 1.54) is 25.7 Å². The Bertz CT molecular complexity index is 265. The maximum Gasteiger partial charge on any atom is 0.237 e. The second-order valence-corrected chi connectivity index (χ2v) is 5.84. The Morgan fingerprint density at radius 3 is 2.53 bits per heavy atom. The zero-order valence-electron chi connectivity index (χ0n) is 11.4. The Morgan fingerprint density at radius 1 is 1.41 bits per heavy atom. The van der Waals surface area contributed by atoms with Crippen LogP contribution in [0, 0.1) is 5.92 Å². The minimum atomic E-state index is -0.883. The number of carbonyl (C=O) groups excluding carboxylic acids is 1. The molecule has 0 saturated heterocycles. The van der Waals surface area contributed by atoms with E-state index in [2.05, 4.69) is 18.9 Å². The molecule has 0 aromatic carbocycles. The van der Waals surface area contributed by atoms with Crippen LogP contribution in [-0.2, 0) is 4.79 Å². The molecule has 0 bridgehead atoms. The lowest BCUT2D eigenvalue weighted by atomic mass is 9.84. The highest BCUT2D eigenvalue weighted by Gasteiger charge is 2.29. The molecule has 4 N–H and O–H groups in total. The van der Waals surface area contributed by atoms with Crippen LogP contribution in [0.25, 0.3) is 0 Å². The van der Waals surface area contributed by atoms with Gasteiger partial charge in [-0.2, -0.15) is 0 Å². The van der Waals surface area contributed by atoms with Gasteiger partial charge in [-0.15, -0.1) is 0 Å². The Balaban J connectivity index is 2.43. The van der Waals surface area contributed by atoms with Gasteiger partial charge in [0, 0.05) is 12.6 Å². The molecule has 0 aliphatic heterocycles. The minimum absolute atomic E-state index is 0.414. The summed E-state index contributed by atoms with van der Waals surface area (Å²) in [4.78, 5) is 13.5. The van der Waals surface area contributed by atoms with Gasteiger partial charge in [-0.3, -0.25) is 4.79 Å². The van der Waals surface area contributed by atoms with Gasteiger partial charge in [-0.1, -0.05) is 19.8 Å². The van der Waals surface area contributed by atoms with E-state index in [1.54, 1.807) is 6.92 Å². The van der Waals surface area contributed by atoms with E-state index < -0.39 is 11.4 Å². The lowest BCUT2D eigenvalue weighted by Gasteiger charge is -2.37. The zero-order chi connectivity index (χ0) is 13.1. The van der Waals surface area contributed by atoms with Gasteiger partial charge in [-0.25, -0.2) is 0 Å². The van der Waals surface area contributed by atoms with Crippen molar-refractivity contribution in [3.63, 3.8) is 0 Å². The van der Waals surface area contributed by atoms with Crippen LogP contribution in [0.3, 0.4) is 0 Å². The molecule has 1 fully saturated rings. The Labute approximate surface area is 105 Å². The molecule has 3 atom stereocenters. The van der Waals surface area contributed by atoms with Crippen molar-refractivity contribution in [2.45, 2.75) is 57.5 Å². The van der Waals surface area contributed by atoms with E-state index in [0.717, 1.165) is 12.5 Å². The number of amides is 1. The maximum absolute atomic E-state index is 11.2. The van der Waals surface area contributed by atoms with Crippen molar-refractivity contribution in [1.82, 2.24) is 4.90 Å². The third-order valence-electron chi connectivity index (χ3n) is 4.18. The SMILES string of the molecule is CC1CCCCC1N(C)CCC(C)(N)C(N)=O. The monoisotopic (exact) mass is 241 g/mol. The van der Waals surface area contributed by atoms with Crippen molar-refractivity contribution in [3.8, 4) is 0 Å². The molecule has 1 amide bonds. The summed E-state index contributed by atoms with van der Waals surface area (Å²) in [7, 11) is 2.13. The molecule has 1 aliphatic rings. The van der Waals surface area contributed by atoms with Gasteiger partial charge >= 0.3 is 0 Å². The number of rotatable bonds is 5. The third-order valence-corrected chi connectivity index (χ3v) is 4.18. The number of hydrogen-bond acceptors (Lipinski definition) is 3. The fourth-order valence-corrected chi connectivity index (χ4v) is 2.65. The van der Waals surface area contributed by atoms with Gasteiger partial charge in [0.15, 0.2) is 0 Å².